The molecule has 0 radical (unpaired) electrons. The highest BCUT2D eigenvalue weighted by molar-refractivity contribution is 7.89. The van der Waals surface area contributed by atoms with E-state index in [1.165, 1.54) is 4.31 Å². The third kappa shape index (κ3) is 4.19. The Bertz CT molecular complexity index is 566. The fraction of sp³-hybridized carbons (Fsp3) is 0.944. The zero-order valence-electron chi connectivity index (χ0n) is 15.4. The fourth-order valence-corrected chi connectivity index (χ4v) is 6.42. The van der Waals surface area contributed by atoms with Crippen LogP contribution in [0.3, 0.4) is 0 Å². The van der Waals surface area contributed by atoms with Gasteiger partial charge in [0.15, 0.2) is 0 Å². The van der Waals surface area contributed by atoms with Gasteiger partial charge in [0.1, 0.15) is 6.04 Å². The molecule has 1 spiro atoms. The van der Waals surface area contributed by atoms with Crippen LogP contribution in [-0.2, 0) is 19.6 Å². The van der Waals surface area contributed by atoms with Gasteiger partial charge >= 0.3 is 0 Å². The van der Waals surface area contributed by atoms with Gasteiger partial charge in [0.05, 0.1) is 5.75 Å². The first-order valence-electron chi connectivity index (χ1n) is 9.83. The molecule has 3 saturated heterocycles. The number of amides is 1. The van der Waals surface area contributed by atoms with Gasteiger partial charge in [0.2, 0.25) is 15.9 Å². The van der Waals surface area contributed by atoms with Gasteiger partial charge in [-0.3, -0.25) is 4.79 Å². The molecule has 3 aliphatic rings. The van der Waals surface area contributed by atoms with Crippen LogP contribution in [0, 0.1) is 5.41 Å². The lowest BCUT2D eigenvalue weighted by Gasteiger charge is -2.46. The van der Waals surface area contributed by atoms with E-state index in [0.29, 0.717) is 19.4 Å². The maximum atomic E-state index is 13.2. The molecule has 7 heteroatoms. The number of hydrogen-bond donors (Lipinski definition) is 0. The minimum atomic E-state index is -3.33. The molecule has 0 saturated carbocycles. The van der Waals surface area contributed by atoms with Crippen LogP contribution in [0.15, 0.2) is 0 Å². The van der Waals surface area contributed by atoms with Crippen LogP contribution in [0.4, 0.5) is 0 Å². The Labute approximate surface area is 151 Å². The summed E-state index contributed by atoms with van der Waals surface area (Å²) in [5, 5.41) is 0. The molecule has 3 rings (SSSR count). The Morgan fingerprint density at radius 1 is 1.12 bits per heavy atom. The number of carbonyl (C=O) groups is 1. The molecule has 0 aromatic heterocycles. The van der Waals surface area contributed by atoms with Crippen molar-refractivity contribution in [3.05, 3.63) is 0 Å². The Balaban J connectivity index is 1.73. The van der Waals surface area contributed by atoms with Gasteiger partial charge in [0, 0.05) is 32.8 Å². The third-order valence-corrected chi connectivity index (χ3v) is 8.16. The Morgan fingerprint density at radius 3 is 2.60 bits per heavy atom. The van der Waals surface area contributed by atoms with Crippen molar-refractivity contribution in [1.82, 2.24) is 9.21 Å². The van der Waals surface area contributed by atoms with Crippen molar-refractivity contribution in [3.8, 4) is 0 Å². The number of ether oxygens (including phenoxy) is 1. The van der Waals surface area contributed by atoms with E-state index in [1.807, 2.05) is 11.8 Å². The van der Waals surface area contributed by atoms with Gasteiger partial charge < -0.3 is 9.64 Å². The molecule has 3 heterocycles. The van der Waals surface area contributed by atoms with E-state index in [1.54, 1.807) is 0 Å². The van der Waals surface area contributed by atoms with Crippen LogP contribution in [0.25, 0.3) is 0 Å². The number of carbonyl (C=O) groups excluding carboxylic acids is 1. The Morgan fingerprint density at radius 2 is 1.88 bits per heavy atom. The summed E-state index contributed by atoms with van der Waals surface area (Å²) in [4.78, 5) is 15.2. The standard InChI is InChI=1S/C18H32N2O4S/c1-2-14-25(22,23)20-11-4-3-6-16(20)17(21)19-10-5-7-18(15-19)8-12-24-13-9-18/h16H,2-15H2,1H3. The normalized spacial score (nSPS) is 28.2. The van der Waals surface area contributed by atoms with Crippen molar-refractivity contribution in [3.63, 3.8) is 0 Å². The van der Waals surface area contributed by atoms with E-state index in [0.717, 1.165) is 64.8 Å². The molecule has 25 heavy (non-hydrogen) atoms. The van der Waals surface area contributed by atoms with Crippen LogP contribution in [0.2, 0.25) is 0 Å². The average molecular weight is 373 g/mol. The molecule has 0 aromatic rings. The quantitative estimate of drug-likeness (QED) is 0.757. The lowest BCUT2D eigenvalue weighted by molar-refractivity contribution is -0.141. The number of sulfonamides is 1. The number of piperidine rings is 2. The summed E-state index contributed by atoms with van der Waals surface area (Å²) in [7, 11) is -3.33. The minimum Gasteiger partial charge on any atom is -0.381 e. The molecular formula is C18H32N2O4S. The van der Waals surface area contributed by atoms with Crippen molar-refractivity contribution < 1.29 is 17.9 Å². The van der Waals surface area contributed by atoms with Crippen LogP contribution in [0.5, 0.6) is 0 Å². The smallest absolute Gasteiger partial charge is 0.241 e. The average Bonchev–Trinajstić information content (AvgIpc) is 2.62. The van der Waals surface area contributed by atoms with E-state index in [-0.39, 0.29) is 17.1 Å². The van der Waals surface area contributed by atoms with Crippen LogP contribution >= 0.6 is 0 Å². The van der Waals surface area contributed by atoms with Gasteiger partial charge in [-0.15, -0.1) is 0 Å². The van der Waals surface area contributed by atoms with Crippen molar-refractivity contribution in [2.24, 2.45) is 5.41 Å². The third-order valence-electron chi connectivity index (χ3n) is 6.08. The van der Waals surface area contributed by atoms with E-state index in [2.05, 4.69) is 0 Å². The summed E-state index contributed by atoms with van der Waals surface area (Å²) in [6, 6.07) is -0.486. The molecule has 6 nitrogen and oxygen atoms in total. The Hall–Kier alpha value is -0.660. The molecule has 1 amide bonds. The molecule has 3 aliphatic heterocycles. The number of nitrogens with zero attached hydrogens (tertiary/aromatic N) is 2. The molecule has 0 bridgehead atoms. The lowest BCUT2D eigenvalue weighted by atomic mass is 9.74. The van der Waals surface area contributed by atoms with Gasteiger partial charge in [-0.05, 0) is 50.4 Å². The predicted octanol–water partition coefficient (Wildman–Crippen LogP) is 2.00. The SMILES string of the molecule is CCCS(=O)(=O)N1CCCCC1C(=O)N1CCCC2(CCOCC2)C1. The predicted molar refractivity (Wildman–Crippen MR) is 96.7 cm³/mol. The molecule has 1 unspecified atom stereocenters. The first kappa shape index (κ1) is 19.1. The lowest BCUT2D eigenvalue weighted by Crippen LogP contribution is -2.57. The second-order valence-corrected chi connectivity index (χ2v) is 9.96. The van der Waals surface area contributed by atoms with Crippen molar-refractivity contribution >= 4 is 15.9 Å². The molecule has 144 valence electrons. The van der Waals surface area contributed by atoms with Gasteiger partial charge in [-0.1, -0.05) is 13.3 Å². The second kappa shape index (κ2) is 7.92. The highest BCUT2D eigenvalue weighted by atomic mass is 32.2. The van der Waals surface area contributed by atoms with Crippen molar-refractivity contribution in [2.75, 3.05) is 38.6 Å². The number of likely N-dealkylation sites (tertiary alicyclic amines) is 1. The summed E-state index contributed by atoms with van der Waals surface area (Å²) in [6.07, 6.45) is 7.23. The first-order chi connectivity index (χ1) is 12.0. The van der Waals surface area contributed by atoms with Gasteiger partial charge in [-0.25, -0.2) is 8.42 Å². The highest BCUT2D eigenvalue weighted by Crippen LogP contribution is 2.39. The Kier molecular flexibility index (Phi) is 6.06. The second-order valence-electron chi connectivity index (χ2n) is 7.91. The monoisotopic (exact) mass is 372 g/mol. The van der Waals surface area contributed by atoms with Crippen molar-refractivity contribution in [2.45, 2.75) is 64.3 Å². The van der Waals surface area contributed by atoms with E-state index in [9.17, 15) is 13.2 Å². The van der Waals surface area contributed by atoms with E-state index in [4.69, 9.17) is 4.74 Å². The van der Waals surface area contributed by atoms with Crippen LogP contribution < -0.4 is 0 Å². The molecule has 0 aliphatic carbocycles. The maximum absolute atomic E-state index is 13.2. The maximum Gasteiger partial charge on any atom is 0.241 e. The minimum absolute atomic E-state index is 0.0324. The van der Waals surface area contributed by atoms with Gasteiger partial charge in [-0.2, -0.15) is 4.31 Å². The fourth-order valence-electron chi connectivity index (χ4n) is 4.68. The molecular weight excluding hydrogens is 340 g/mol. The topological polar surface area (TPSA) is 66.9 Å². The summed E-state index contributed by atoms with van der Waals surface area (Å²) in [5.74, 6) is 0.169. The van der Waals surface area contributed by atoms with Crippen LogP contribution in [0.1, 0.15) is 58.3 Å². The highest BCUT2D eigenvalue weighted by Gasteiger charge is 2.43. The van der Waals surface area contributed by atoms with E-state index < -0.39 is 16.1 Å². The molecule has 0 N–H and O–H groups in total. The zero-order valence-corrected chi connectivity index (χ0v) is 16.2. The van der Waals surface area contributed by atoms with Crippen molar-refractivity contribution in [1.29, 1.82) is 0 Å². The van der Waals surface area contributed by atoms with Crippen LogP contribution in [-0.4, -0.2) is 68.2 Å². The summed E-state index contributed by atoms with van der Waals surface area (Å²) < 4.78 is 32.2. The summed E-state index contributed by atoms with van der Waals surface area (Å²) in [6.45, 7) is 5.46. The molecule has 1 atom stereocenters. The largest absolute Gasteiger partial charge is 0.381 e. The number of hydrogen-bond acceptors (Lipinski definition) is 4. The van der Waals surface area contributed by atoms with E-state index >= 15 is 0 Å². The van der Waals surface area contributed by atoms with Gasteiger partial charge in [0.25, 0.3) is 0 Å². The first-order valence-corrected chi connectivity index (χ1v) is 11.4. The summed E-state index contributed by atoms with van der Waals surface area (Å²) >= 11 is 0. The molecule has 0 aromatic carbocycles. The zero-order chi connectivity index (χ0) is 17.9. The molecule has 3 fully saturated rings. The summed E-state index contributed by atoms with van der Waals surface area (Å²) in [5.41, 5.74) is 0.188. The number of rotatable bonds is 4.